The fraction of sp³-hybridized carbons (Fsp3) is 0.294. The van der Waals surface area contributed by atoms with Crippen molar-refractivity contribution in [3.63, 3.8) is 0 Å². The lowest BCUT2D eigenvalue weighted by Gasteiger charge is -2.30. The second kappa shape index (κ2) is 6.40. The lowest BCUT2D eigenvalue weighted by atomic mass is 10.1. The topological polar surface area (TPSA) is 46.6 Å². The van der Waals surface area contributed by atoms with Crippen LogP contribution in [-0.2, 0) is 16.4 Å². The molecule has 1 heterocycles. The number of hydrogen-bond acceptors (Lipinski definition) is 3. The van der Waals surface area contributed by atoms with Gasteiger partial charge in [-0.25, -0.2) is 8.42 Å². The number of fused-ring (bicyclic) bond motifs is 1. The Morgan fingerprint density at radius 3 is 2.55 bits per heavy atom. The van der Waals surface area contributed by atoms with E-state index in [1.807, 2.05) is 42.5 Å². The molecule has 0 bridgehead atoms. The molecule has 0 N–H and O–H groups in total. The molecule has 0 aromatic heterocycles. The van der Waals surface area contributed by atoms with Crippen molar-refractivity contribution in [2.45, 2.75) is 12.8 Å². The van der Waals surface area contributed by atoms with E-state index < -0.39 is 10.0 Å². The van der Waals surface area contributed by atoms with Crippen LogP contribution >= 0.6 is 0 Å². The van der Waals surface area contributed by atoms with E-state index in [4.69, 9.17) is 4.74 Å². The van der Waals surface area contributed by atoms with Crippen molar-refractivity contribution in [3.8, 4) is 5.75 Å². The number of ether oxygens (including phenoxy) is 1. The smallest absolute Gasteiger partial charge is 0.235 e. The van der Waals surface area contributed by atoms with E-state index in [-0.39, 0.29) is 5.75 Å². The van der Waals surface area contributed by atoms with Crippen LogP contribution in [0.25, 0.3) is 0 Å². The minimum absolute atomic E-state index is 0.149. The van der Waals surface area contributed by atoms with Gasteiger partial charge in [-0.15, -0.1) is 0 Å². The Morgan fingerprint density at radius 1 is 1.00 bits per heavy atom. The third-order valence-corrected chi connectivity index (χ3v) is 5.59. The molecule has 3 rings (SSSR count). The lowest BCUT2D eigenvalue weighted by molar-refractivity contribution is 0.316. The Kier molecular flexibility index (Phi) is 4.34. The summed E-state index contributed by atoms with van der Waals surface area (Å²) in [5.74, 6) is 0.788. The van der Waals surface area contributed by atoms with E-state index in [1.54, 1.807) is 12.1 Å². The van der Waals surface area contributed by atoms with E-state index in [0.29, 0.717) is 31.0 Å². The lowest BCUT2D eigenvalue weighted by Crippen LogP contribution is -2.39. The third-order valence-electron chi connectivity index (χ3n) is 3.73. The summed E-state index contributed by atoms with van der Waals surface area (Å²) in [6.07, 6.45) is 1.39. The first kappa shape index (κ1) is 14.9. The standard InChI is InChI=1S/C17H19NO3S/c19-22(20,14-6-9-15-7-2-1-3-8-15)18-12-13-21-17-11-5-4-10-16(17)18/h1-5,7-8,10-11H,6,9,12-14H2. The summed E-state index contributed by atoms with van der Waals surface area (Å²) in [4.78, 5) is 0. The maximum absolute atomic E-state index is 12.6. The highest BCUT2D eigenvalue weighted by atomic mass is 32.2. The molecule has 116 valence electrons. The zero-order valence-corrected chi connectivity index (χ0v) is 13.1. The van der Waals surface area contributed by atoms with Gasteiger partial charge in [-0.1, -0.05) is 42.5 Å². The molecule has 5 heteroatoms. The molecule has 0 fully saturated rings. The van der Waals surface area contributed by atoms with Gasteiger partial charge in [0.2, 0.25) is 10.0 Å². The molecule has 0 amide bonds. The van der Waals surface area contributed by atoms with Crippen molar-refractivity contribution in [1.82, 2.24) is 0 Å². The summed E-state index contributed by atoms with van der Waals surface area (Å²) in [6, 6.07) is 17.2. The average Bonchev–Trinajstić information content (AvgIpc) is 2.55. The monoisotopic (exact) mass is 317 g/mol. The van der Waals surface area contributed by atoms with Crippen LogP contribution in [0, 0.1) is 0 Å². The Balaban J connectivity index is 1.69. The first-order valence-corrected chi connectivity index (χ1v) is 9.04. The molecule has 0 unspecified atom stereocenters. The van der Waals surface area contributed by atoms with Crippen molar-refractivity contribution >= 4 is 15.7 Å². The van der Waals surface area contributed by atoms with Gasteiger partial charge in [0.15, 0.2) is 0 Å². The molecule has 0 saturated carbocycles. The number of aryl methyl sites for hydroxylation is 1. The number of rotatable bonds is 5. The van der Waals surface area contributed by atoms with Crippen LogP contribution in [-0.4, -0.2) is 27.3 Å². The van der Waals surface area contributed by atoms with Gasteiger partial charge in [-0.05, 0) is 30.5 Å². The first-order valence-electron chi connectivity index (χ1n) is 7.43. The average molecular weight is 317 g/mol. The second-order valence-corrected chi connectivity index (χ2v) is 7.31. The molecular formula is C17H19NO3S. The largest absolute Gasteiger partial charge is 0.489 e. The van der Waals surface area contributed by atoms with Crippen LogP contribution in [0.5, 0.6) is 5.75 Å². The maximum atomic E-state index is 12.6. The SMILES string of the molecule is O=S(=O)(CCCc1ccccc1)N1CCOc2ccccc21. The van der Waals surface area contributed by atoms with E-state index in [0.717, 1.165) is 6.42 Å². The van der Waals surface area contributed by atoms with Gasteiger partial charge >= 0.3 is 0 Å². The van der Waals surface area contributed by atoms with Gasteiger partial charge < -0.3 is 4.74 Å². The van der Waals surface area contributed by atoms with Gasteiger partial charge in [0.1, 0.15) is 12.4 Å². The molecule has 2 aromatic rings. The van der Waals surface area contributed by atoms with Gasteiger partial charge in [0.25, 0.3) is 0 Å². The molecule has 0 atom stereocenters. The Bertz CT molecular complexity index is 729. The molecule has 22 heavy (non-hydrogen) atoms. The van der Waals surface area contributed by atoms with Gasteiger partial charge in [-0.3, -0.25) is 4.31 Å². The van der Waals surface area contributed by atoms with Crippen molar-refractivity contribution in [1.29, 1.82) is 0 Å². The number of anilines is 1. The highest BCUT2D eigenvalue weighted by molar-refractivity contribution is 7.92. The quantitative estimate of drug-likeness (QED) is 0.852. The zero-order valence-electron chi connectivity index (χ0n) is 12.3. The van der Waals surface area contributed by atoms with Crippen molar-refractivity contribution in [2.24, 2.45) is 0 Å². The Morgan fingerprint density at radius 2 is 1.73 bits per heavy atom. The summed E-state index contributed by atoms with van der Waals surface area (Å²) in [5, 5.41) is 0. The number of sulfonamides is 1. The van der Waals surface area contributed by atoms with Crippen LogP contribution < -0.4 is 9.04 Å². The zero-order chi connectivity index (χ0) is 15.4. The van der Waals surface area contributed by atoms with Crippen LogP contribution in [0.1, 0.15) is 12.0 Å². The molecule has 1 aliphatic rings. The summed E-state index contributed by atoms with van der Waals surface area (Å²) in [7, 11) is -3.31. The number of benzene rings is 2. The van der Waals surface area contributed by atoms with Gasteiger partial charge in [0, 0.05) is 0 Å². The maximum Gasteiger partial charge on any atom is 0.235 e. The minimum Gasteiger partial charge on any atom is -0.489 e. The normalized spacial score (nSPS) is 14.3. The molecule has 0 aliphatic carbocycles. The van der Waals surface area contributed by atoms with Crippen molar-refractivity contribution in [3.05, 3.63) is 60.2 Å². The molecule has 4 nitrogen and oxygen atoms in total. The molecule has 0 spiro atoms. The summed E-state index contributed by atoms with van der Waals surface area (Å²) in [5.41, 5.74) is 1.81. The van der Waals surface area contributed by atoms with Crippen molar-refractivity contribution in [2.75, 3.05) is 23.2 Å². The Labute approximate surface area is 131 Å². The van der Waals surface area contributed by atoms with E-state index in [1.165, 1.54) is 9.87 Å². The third kappa shape index (κ3) is 3.25. The Hall–Kier alpha value is -2.01. The second-order valence-electron chi connectivity index (χ2n) is 5.29. The van der Waals surface area contributed by atoms with Gasteiger partial charge in [0.05, 0.1) is 18.0 Å². The number of nitrogens with zero attached hydrogens (tertiary/aromatic N) is 1. The van der Waals surface area contributed by atoms with Crippen LogP contribution in [0.2, 0.25) is 0 Å². The minimum atomic E-state index is -3.31. The molecular weight excluding hydrogens is 298 g/mol. The van der Waals surface area contributed by atoms with Gasteiger partial charge in [-0.2, -0.15) is 0 Å². The van der Waals surface area contributed by atoms with E-state index >= 15 is 0 Å². The van der Waals surface area contributed by atoms with Crippen LogP contribution in [0.4, 0.5) is 5.69 Å². The highest BCUT2D eigenvalue weighted by Crippen LogP contribution is 2.33. The number of hydrogen-bond donors (Lipinski definition) is 0. The molecule has 0 saturated heterocycles. The molecule has 2 aromatic carbocycles. The highest BCUT2D eigenvalue weighted by Gasteiger charge is 2.27. The van der Waals surface area contributed by atoms with Crippen molar-refractivity contribution < 1.29 is 13.2 Å². The fourth-order valence-corrected chi connectivity index (χ4v) is 4.18. The predicted molar refractivity (Wildman–Crippen MR) is 87.8 cm³/mol. The van der Waals surface area contributed by atoms with Crippen LogP contribution in [0.15, 0.2) is 54.6 Å². The van der Waals surface area contributed by atoms with E-state index in [2.05, 4.69) is 0 Å². The first-order chi connectivity index (χ1) is 10.7. The number of para-hydroxylation sites is 2. The fourth-order valence-electron chi connectivity index (χ4n) is 2.65. The summed E-state index contributed by atoms with van der Waals surface area (Å²) >= 11 is 0. The summed E-state index contributed by atoms with van der Waals surface area (Å²) < 4.78 is 32.2. The van der Waals surface area contributed by atoms with Crippen LogP contribution in [0.3, 0.4) is 0 Å². The summed E-state index contributed by atoms with van der Waals surface area (Å²) in [6.45, 7) is 0.777. The molecule has 1 aliphatic heterocycles. The molecule has 0 radical (unpaired) electrons. The van der Waals surface area contributed by atoms with E-state index in [9.17, 15) is 8.42 Å². The predicted octanol–water partition coefficient (Wildman–Crippen LogP) is 2.85.